The van der Waals surface area contributed by atoms with E-state index in [2.05, 4.69) is 21.2 Å². The third kappa shape index (κ3) is 2.56. The van der Waals surface area contributed by atoms with Crippen LogP contribution in [-0.2, 0) is 0 Å². The number of H-pyrrole nitrogens is 1. The maximum Gasteiger partial charge on any atom is 0.178 e. The van der Waals surface area contributed by atoms with Crippen molar-refractivity contribution < 1.29 is 4.74 Å². The Kier molecular flexibility index (Phi) is 4.34. The van der Waals surface area contributed by atoms with Crippen molar-refractivity contribution in [2.45, 2.75) is 4.21 Å². The summed E-state index contributed by atoms with van der Waals surface area (Å²) < 4.78 is 6.60. The maximum atomic E-state index is 5.39. The van der Waals surface area contributed by atoms with Gasteiger partial charge in [-0.2, -0.15) is 0 Å². The fourth-order valence-corrected chi connectivity index (χ4v) is 3.33. The van der Waals surface area contributed by atoms with E-state index in [-0.39, 0.29) is 12.4 Å². The lowest BCUT2D eigenvalue weighted by atomic mass is 10.4. The topological polar surface area (TPSA) is 50.8 Å². The molecule has 3 rings (SSSR count). The number of nitrogens with zero attached hydrogens (tertiary/aromatic N) is 2. The standard InChI is InChI=1S/C12H11N3OS2.ClH/c1-16-8-6-9(17-2)18-10(8)12-14-7-4-3-5-13-11(7)15-12;/h3-6H,1-2H3,(H,13,14,15);1H. The van der Waals surface area contributed by atoms with Crippen LogP contribution in [0.1, 0.15) is 0 Å². The highest BCUT2D eigenvalue weighted by Crippen LogP contribution is 2.40. The molecule has 4 nitrogen and oxygen atoms in total. The molecule has 0 saturated carbocycles. The average molecular weight is 314 g/mol. The smallest absolute Gasteiger partial charge is 0.178 e. The predicted octanol–water partition coefficient (Wildman–Crippen LogP) is 3.84. The van der Waals surface area contributed by atoms with E-state index in [1.807, 2.05) is 18.2 Å². The van der Waals surface area contributed by atoms with Gasteiger partial charge in [-0.25, -0.2) is 9.97 Å². The SMILES string of the molecule is COc1cc(SC)sc1-c1nc2ncccc2[nH]1.Cl. The molecular formula is C12H12ClN3OS2. The van der Waals surface area contributed by atoms with Crippen molar-refractivity contribution in [2.75, 3.05) is 13.4 Å². The van der Waals surface area contributed by atoms with Gasteiger partial charge >= 0.3 is 0 Å². The molecule has 7 heteroatoms. The number of hydrogen-bond acceptors (Lipinski definition) is 5. The van der Waals surface area contributed by atoms with Gasteiger partial charge in [0.1, 0.15) is 10.6 Å². The minimum absolute atomic E-state index is 0. The van der Waals surface area contributed by atoms with Crippen LogP contribution in [-0.4, -0.2) is 28.3 Å². The molecule has 0 aliphatic rings. The number of thiophene rings is 1. The Balaban J connectivity index is 0.00000133. The molecule has 100 valence electrons. The van der Waals surface area contributed by atoms with Gasteiger partial charge in [0.2, 0.25) is 0 Å². The Morgan fingerprint density at radius 2 is 2.26 bits per heavy atom. The summed E-state index contributed by atoms with van der Waals surface area (Å²) >= 11 is 3.37. The molecule has 0 bridgehead atoms. The zero-order chi connectivity index (χ0) is 12.5. The molecular weight excluding hydrogens is 302 g/mol. The number of pyridine rings is 1. The Morgan fingerprint density at radius 3 is 2.95 bits per heavy atom. The van der Waals surface area contributed by atoms with Crippen molar-refractivity contribution in [2.24, 2.45) is 0 Å². The van der Waals surface area contributed by atoms with E-state index in [4.69, 9.17) is 4.74 Å². The van der Waals surface area contributed by atoms with Gasteiger partial charge in [-0.3, -0.25) is 0 Å². The quantitative estimate of drug-likeness (QED) is 0.746. The van der Waals surface area contributed by atoms with E-state index in [0.29, 0.717) is 0 Å². The fourth-order valence-electron chi connectivity index (χ4n) is 1.72. The van der Waals surface area contributed by atoms with Gasteiger partial charge < -0.3 is 9.72 Å². The van der Waals surface area contributed by atoms with Crippen molar-refractivity contribution in [3.05, 3.63) is 24.4 Å². The Morgan fingerprint density at radius 1 is 1.42 bits per heavy atom. The maximum absolute atomic E-state index is 5.39. The molecule has 1 N–H and O–H groups in total. The van der Waals surface area contributed by atoms with Crippen molar-refractivity contribution >= 4 is 46.7 Å². The van der Waals surface area contributed by atoms with Gasteiger partial charge in [-0.1, -0.05) is 0 Å². The highest BCUT2D eigenvalue weighted by molar-refractivity contribution is 8.00. The summed E-state index contributed by atoms with van der Waals surface area (Å²) in [5.41, 5.74) is 1.67. The number of halogens is 1. The van der Waals surface area contributed by atoms with Crippen LogP contribution in [0.25, 0.3) is 21.9 Å². The Labute approximate surface area is 125 Å². The van der Waals surface area contributed by atoms with Crippen molar-refractivity contribution in [3.8, 4) is 16.5 Å². The van der Waals surface area contributed by atoms with Crippen LogP contribution in [0.2, 0.25) is 0 Å². The number of aromatic amines is 1. The number of imidazole rings is 1. The normalized spacial score (nSPS) is 10.4. The van der Waals surface area contributed by atoms with Gasteiger partial charge in [0.05, 0.1) is 16.8 Å². The third-order valence-electron chi connectivity index (χ3n) is 2.57. The van der Waals surface area contributed by atoms with Crippen LogP contribution < -0.4 is 4.74 Å². The lowest BCUT2D eigenvalue weighted by molar-refractivity contribution is 0.417. The molecule has 0 radical (unpaired) electrons. The van der Waals surface area contributed by atoms with Crippen LogP contribution in [0.3, 0.4) is 0 Å². The molecule has 19 heavy (non-hydrogen) atoms. The van der Waals surface area contributed by atoms with Gasteiger partial charge in [-0.05, 0) is 18.4 Å². The highest BCUT2D eigenvalue weighted by atomic mass is 35.5. The predicted molar refractivity (Wildman–Crippen MR) is 82.8 cm³/mol. The van der Waals surface area contributed by atoms with Gasteiger partial charge in [0.15, 0.2) is 11.5 Å². The lowest BCUT2D eigenvalue weighted by Crippen LogP contribution is -1.83. The molecule has 3 aromatic rings. The molecule has 0 saturated heterocycles. The van der Waals surface area contributed by atoms with Crippen molar-refractivity contribution in [1.82, 2.24) is 15.0 Å². The lowest BCUT2D eigenvalue weighted by Gasteiger charge is -1.97. The van der Waals surface area contributed by atoms with E-state index >= 15 is 0 Å². The van der Waals surface area contributed by atoms with Crippen LogP contribution in [0.5, 0.6) is 5.75 Å². The fraction of sp³-hybridized carbons (Fsp3) is 0.167. The molecule has 0 unspecified atom stereocenters. The van der Waals surface area contributed by atoms with E-state index in [1.165, 1.54) is 4.21 Å². The van der Waals surface area contributed by atoms with Crippen LogP contribution in [0.15, 0.2) is 28.6 Å². The first-order valence-electron chi connectivity index (χ1n) is 5.34. The van der Waals surface area contributed by atoms with Gasteiger partial charge in [0, 0.05) is 12.3 Å². The molecule has 3 heterocycles. The van der Waals surface area contributed by atoms with E-state index in [1.54, 1.807) is 36.4 Å². The minimum atomic E-state index is 0. The van der Waals surface area contributed by atoms with Gasteiger partial charge in [-0.15, -0.1) is 35.5 Å². The number of fused-ring (bicyclic) bond motifs is 1. The zero-order valence-corrected chi connectivity index (χ0v) is 12.8. The van der Waals surface area contributed by atoms with Crippen molar-refractivity contribution in [3.63, 3.8) is 0 Å². The second-order valence-corrected chi connectivity index (χ2v) is 5.79. The average Bonchev–Trinajstić information content (AvgIpc) is 3.01. The molecule has 0 aliphatic heterocycles. The number of rotatable bonds is 3. The minimum Gasteiger partial charge on any atom is -0.495 e. The second kappa shape index (κ2) is 5.81. The Bertz CT molecular complexity index is 662. The largest absolute Gasteiger partial charge is 0.495 e. The molecule has 0 aliphatic carbocycles. The summed E-state index contributed by atoms with van der Waals surface area (Å²) in [5.74, 6) is 1.66. The van der Waals surface area contributed by atoms with E-state index in [0.717, 1.165) is 27.6 Å². The summed E-state index contributed by atoms with van der Waals surface area (Å²) in [4.78, 5) is 13.0. The second-order valence-electron chi connectivity index (χ2n) is 3.63. The number of methoxy groups -OCH3 is 1. The summed E-state index contributed by atoms with van der Waals surface area (Å²) in [6.45, 7) is 0. The van der Waals surface area contributed by atoms with E-state index in [9.17, 15) is 0 Å². The molecule has 0 spiro atoms. The summed E-state index contributed by atoms with van der Waals surface area (Å²) in [5, 5.41) is 0. The first kappa shape index (κ1) is 14.2. The first-order chi connectivity index (χ1) is 8.81. The van der Waals surface area contributed by atoms with E-state index < -0.39 is 0 Å². The summed E-state index contributed by atoms with van der Waals surface area (Å²) in [7, 11) is 1.68. The number of hydrogen-bond donors (Lipinski definition) is 1. The van der Waals surface area contributed by atoms with Gasteiger partial charge in [0.25, 0.3) is 0 Å². The molecule has 0 aromatic carbocycles. The van der Waals surface area contributed by atoms with Crippen LogP contribution in [0.4, 0.5) is 0 Å². The number of nitrogens with one attached hydrogen (secondary N) is 1. The monoisotopic (exact) mass is 313 g/mol. The highest BCUT2D eigenvalue weighted by Gasteiger charge is 2.15. The summed E-state index contributed by atoms with van der Waals surface area (Å²) in [6, 6.07) is 5.89. The van der Waals surface area contributed by atoms with Crippen LogP contribution >= 0.6 is 35.5 Å². The number of thioether (sulfide) groups is 1. The molecule has 0 atom stereocenters. The summed E-state index contributed by atoms with van der Waals surface area (Å²) in [6.07, 6.45) is 3.79. The number of aromatic nitrogens is 3. The molecule has 0 amide bonds. The zero-order valence-electron chi connectivity index (χ0n) is 10.3. The first-order valence-corrected chi connectivity index (χ1v) is 7.39. The third-order valence-corrected chi connectivity index (χ3v) is 4.76. The van der Waals surface area contributed by atoms with Crippen molar-refractivity contribution in [1.29, 1.82) is 0 Å². The van der Waals surface area contributed by atoms with Crippen LogP contribution in [0, 0.1) is 0 Å². The molecule has 3 aromatic heterocycles. The Hall–Kier alpha value is -1.24. The molecule has 0 fully saturated rings. The number of ether oxygens (including phenoxy) is 1.